The summed E-state index contributed by atoms with van der Waals surface area (Å²) in [7, 11) is 1.44. The molecular weight excluding hydrogens is 388 g/mol. The molecule has 1 aliphatic carbocycles. The Morgan fingerprint density at radius 3 is 2.39 bits per heavy atom. The Balaban J connectivity index is 1.79. The molecule has 1 heterocycles. The normalized spacial score (nSPS) is 14.0. The number of carbonyl (C=O) groups is 1. The maximum absolute atomic E-state index is 12.5. The van der Waals surface area contributed by atoms with E-state index < -0.39 is 0 Å². The smallest absolute Gasteiger partial charge is 0.341 e. The van der Waals surface area contributed by atoms with Gasteiger partial charge >= 0.3 is 5.97 Å². The second-order valence-electron chi connectivity index (χ2n) is 7.47. The predicted molar refractivity (Wildman–Crippen MR) is 122 cm³/mol. The van der Waals surface area contributed by atoms with Gasteiger partial charge in [0.15, 0.2) is 5.11 Å². The molecule has 1 aliphatic rings. The summed E-state index contributed by atoms with van der Waals surface area (Å²) >= 11 is 7.15. The van der Waals surface area contributed by atoms with Crippen molar-refractivity contribution in [2.45, 2.75) is 58.3 Å². The average molecular weight is 417 g/mol. The van der Waals surface area contributed by atoms with Crippen molar-refractivity contribution in [2.24, 2.45) is 0 Å². The number of anilines is 2. The molecule has 0 unspecified atom stereocenters. The minimum absolute atomic E-state index is 0.287. The SMILES string of the molecule is COC(=O)c1c(NC(=S)Nc2ccc(C(C)C)cc2)sc2c1CCCCCC2. The zero-order valence-electron chi connectivity index (χ0n) is 16.8. The standard InChI is InChI=1S/C22H28N2O2S2/c1-14(2)15-10-12-16(13-11-15)23-22(27)24-20-19(21(25)26-3)17-8-6-4-5-7-9-18(17)28-20/h10-14H,4-9H2,1-3H3,(H2,23,24,27). The van der Waals surface area contributed by atoms with E-state index >= 15 is 0 Å². The molecule has 1 aromatic heterocycles. The van der Waals surface area contributed by atoms with E-state index in [-0.39, 0.29) is 5.97 Å². The second kappa shape index (κ2) is 9.52. The fourth-order valence-electron chi connectivity index (χ4n) is 3.54. The van der Waals surface area contributed by atoms with Crippen LogP contribution in [0.2, 0.25) is 0 Å². The van der Waals surface area contributed by atoms with Gasteiger partial charge in [0, 0.05) is 10.6 Å². The van der Waals surface area contributed by atoms with Crippen LogP contribution in [0.4, 0.5) is 10.7 Å². The van der Waals surface area contributed by atoms with Crippen LogP contribution in [0.15, 0.2) is 24.3 Å². The maximum atomic E-state index is 12.5. The Morgan fingerprint density at radius 1 is 1.07 bits per heavy atom. The average Bonchev–Trinajstić information content (AvgIpc) is 2.97. The van der Waals surface area contributed by atoms with Gasteiger partial charge in [0.1, 0.15) is 5.00 Å². The minimum atomic E-state index is -0.287. The van der Waals surface area contributed by atoms with Crippen molar-refractivity contribution in [2.75, 3.05) is 17.7 Å². The van der Waals surface area contributed by atoms with Gasteiger partial charge in [-0.1, -0.05) is 38.8 Å². The molecule has 6 heteroatoms. The van der Waals surface area contributed by atoms with Crippen molar-refractivity contribution in [3.63, 3.8) is 0 Å². The van der Waals surface area contributed by atoms with Crippen LogP contribution in [-0.2, 0) is 17.6 Å². The zero-order valence-corrected chi connectivity index (χ0v) is 18.4. The number of methoxy groups -OCH3 is 1. The van der Waals surface area contributed by atoms with E-state index in [9.17, 15) is 4.79 Å². The number of thiocarbonyl (C=S) groups is 1. The molecular formula is C22H28N2O2S2. The highest BCUT2D eigenvalue weighted by Gasteiger charge is 2.25. The number of aryl methyl sites for hydroxylation is 1. The van der Waals surface area contributed by atoms with Gasteiger partial charge in [0.2, 0.25) is 0 Å². The van der Waals surface area contributed by atoms with Gasteiger partial charge in [-0.15, -0.1) is 11.3 Å². The number of fused-ring (bicyclic) bond motifs is 1. The van der Waals surface area contributed by atoms with Crippen LogP contribution in [0.5, 0.6) is 0 Å². The summed E-state index contributed by atoms with van der Waals surface area (Å²) in [6.07, 6.45) is 6.68. The maximum Gasteiger partial charge on any atom is 0.341 e. The Hall–Kier alpha value is -1.92. The Labute approximate surface area is 176 Å². The number of hydrogen-bond donors (Lipinski definition) is 2. The first-order valence-electron chi connectivity index (χ1n) is 9.90. The van der Waals surface area contributed by atoms with Gasteiger partial charge < -0.3 is 15.4 Å². The first-order valence-corrected chi connectivity index (χ1v) is 11.1. The molecule has 0 saturated carbocycles. The van der Waals surface area contributed by atoms with Gasteiger partial charge in [-0.3, -0.25) is 0 Å². The lowest BCUT2D eigenvalue weighted by atomic mass is 9.96. The van der Waals surface area contributed by atoms with Crippen molar-refractivity contribution in [1.82, 2.24) is 0 Å². The fourth-order valence-corrected chi connectivity index (χ4v) is 5.11. The summed E-state index contributed by atoms with van der Waals surface area (Å²) in [5, 5.41) is 7.74. The van der Waals surface area contributed by atoms with Crippen LogP contribution < -0.4 is 10.6 Å². The first-order chi connectivity index (χ1) is 13.5. The number of thiophene rings is 1. The molecule has 150 valence electrons. The number of benzene rings is 1. The van der Waals surface area contributed by atoms with Crippen molar-refractivity contribution in [1.29, 1.82) is 0 Å². The van der Waals surface area contributed by atoms with Gasteiger partial charge in [-0.25, -0.2) is 4.79 Å². The number of esters is 1. The molecule has 4 nitrogen and oxygen atoms in total. The lowest BCUT2D eigenvalue weighted by molar-refractivity contribution is 0.0601. The Kier molecular flexibility index (Phi) is 7.08. The van der Waals surface area contributed by atoms with Crippen LogP contribution >= 0.6 is 23.6 Å². The van der Waals surface area contributed by atoms with E-state index in [2.05, 4.69) is 36.6 Å². The summed E-state index contributed by atoms with van der Waals surface area (Å²) < 4.78 is 5.07. The van der Waals surface area contributed by atoms with Crippen molar-refractivity contribution >= 4 is 45.3 Å². The third kappa shape index (κ3) is 4.92. The lowest BCUT2D eigenvalue weighted by Gasteiger charge is -2.13. The highest BCUT2D eigenvalue weighted by Crippen LogP contribution is 2.37. The lowest BCUT2D eigenvalue weighted by Crippen LogP contribution is -2.20. The number of carbonyl (C=O) groups excluding carboxylic acids is 1. The third-order valence-electron chi connectivity index (χ3n) is 5.12. The highest BCUT2D eigenvalue weighted by atomic mass is 32.1. The molecule has 0 aliphatic heterocycles. The van der Waals surface area contributed by atoms with Gasteiger partial charge in [0.25, 0.3) is 0 Å². The predicted octanol–water partition coefficient (Wildman–Crippen LogP) is 6.13. The molecule has 0 bridgehead atoms. The Morgan fingerprint density at radius 2 is 1.75 bits per heavy atom. The number of rotatable bonds is 4. The number of nitrogens with one attached hydrogen (secondary N) is 2. The summed E-state index contributed by atoms with van der Waals surface area (Å²) in [5.74, 6) is 0.206. The summed E-state index contributed by atoms with van der Waals surface area (Å²) in [6, 6.07) is 8.26. The molecule has 1 aromatic carbocycles. The molecule has 0 fully saturated rings. The molecule has 0 spiro atoms. The van der Waals surface area contributed by atoms with Crippen LogP contribution in [0.25, 0.3) is 0 Å². The molecule has 0 radical (unpaired) electrons. The molecule has 2 N–H and O–H groups in total. The van der Waals surface area contributed by atoms with Crippen LogP contribution in [-0.4, -0.2) is 18.2 Å². The monoisotopic (exact) mass is 416 g/mol. The van der Waals surface area contributed by atoms with E-state index in [1.54, 1.807) is 11.3 Å². The topological polar surface area (TPSA) is 50.4 Å². The molecule has 0 atom stereocenters. The molecule has 28 heavy (non-hydrogen) atoms. The van der Waals surface area contributed by atoms with E-state index in [4.69, 9.17) is 17.0 Å². The Bertz CT molecular complexity index is 841. The van der Waals surface area contributed by atoms with Crippen molar-refractivity contribution in [3.05, 3.63) is 45.8 Å². The second-order valence-corrected chi connectivity index (χ2v) is 8.98. The summed E-state index contributed by atoms with van der Waals surface area (Å²) in [5.41, 5.74) is 4.01. The van der Waals surface area contributed by atoms with Crippen molar-refractivity contribution in [3.8, 4) is 0 Å². The molecule has 2 aromatic rings. The van der Waals surface area contributed by atoms with Gasteiger partial charge in [-0.2, -0.15) is 0 Å². The fraction of sp³-hybridized carbons (Fsp3) is 0.455. The van der Waals surface area contributed by atoms with E-state index in [0.29, 0.717) is 16.6 Å². The third-order valence-corrected chi connectivity index (χ3v) is 6.53. The zero-order chi connectivity index (χ0) is 20.1. The number of ether oxygens (including phenoxy) is 1. The minimum Gasteiger partial charge on any atom is -0.465 e. The summed E-state index contributed by atoms with van der Waals surface area (Å²) in [4.78, 5) is 13.8. The van der Waals surface area contributed by atoms with Crippen LogP contribution in [0.3, 0.4) is 0 Å². The van der Waals surface area contributed by atoms with E-state index in [1.165, 1.54) is 36.8 Å². The van der Waals surface area contributed by atoms with Gasteiger partial charge in [-0.05, 0) is 67.1 Å². The van der Waals surface area contributed by atoms with E-state index in [1.807, 2.05) is 12.1 Å². The first kappa shape index (κ1) is 20.8. The van der Waals surface area contributed by atoms with Crippen LogP contribution in [0.1, 0.15) is 71.8 Å². The summed E-state index contributed by atoms with van der Waals surface area (Å²) in [6.45, 7) is 4.35. The molecule has 0 saturated heterocycles. The number of hydrogen-bond acceptors (Lipinski definition) is 4. The van der Waals surface area contributed by atoms with Crippen LogP contribution in [0, 0.1) is 0 Å². The largest absolute Gasteiger partial charge is 0.465 e. The quantitative estimate of drug-likeness (QED) is 0.464. The molecule has 3 rings (SSSR count). The highest BCUT2D eigenvalue weighted by molar-refractivity contribution is 7.80. The van der Waals surface area contributed by atoms with Gasteiger partial charge in [0.05, 0.1) is 12.7 Å². The molecule has 0 amide bonds. The van der Waals surface area contributed by atoms with E-state index in [0.717, 1.165) is 35.5 Å². The van der Waals surface area contributed by atoms with Crippen molar-refractivity contribution < 1.29 is 9.53 Å².